The maximum Gasteiger partial charge on any atom is 0.425 e. The summed E-state index contributed by atoms with van der Waals surface area (Å²) in [6.45, 7) is 4.67. The molecule has 0 aliphatic heterocycles. The van der Waals surface area contributed by atoms with Crippen LogP contribution in [0.25, 0.3) is 0 Å². The van der Waals surface area contributed by atoms with Gasteiger partial charge in [-0.05, 0) is 26.7 Å². The van der Waals surface area contributed by atoms with Crippen molar-refractivity contribution in [1.29, 1.82) is 0 Å². The number of hydrogen-bond acceptors (Lipinski definition) is 4. The largest absolute Gasteiger partial charge is 0.463 e. The summed E-state index contributed by atoms with van der Waals surface area (Å²) < 4.78 is 46.0. The molecule has 2 unspecified atom stereocenters. The molecule has 0 aliphatic carbocycles. The fraction of sp³-hybridized carbons (Fsp3) is 0.882. The molecule has 0 aliphatic rings. The number of ether oxygens (including phenoxy) is 2. The Morgan fingerprint density at radius 2 is 1.38 bits per heavy atom. The lowest BCUT2D eigenvalue weighted by atomic mass is 10.1. The van der Waals surface area contributed by atoms with Crippen molar-refractivity contribution < 1.29 is 32.2 Å². The van der Waals surface area contributed by atoms with Gasteiger partial charge >= 0.3 is 18.1 Å². The highest BCUT2D eigenvalue weighted by molar-refractivity contribution is 5.77. The summed E-state index contributed by atoms with van der Waals surface area (Å²) in [5.74, 6) is -1.65. The van der Waals surface area contributed by atoms with E-state index in [0.717, 1.165) is 32.6 Å². The first-order chi connectivity index (χ1) is 11.2. The Kier molecular flexibility index (Phi) is 11.5. The van der Waals surface area contributed by atoms with Crippen LogP contribution in [0.4, 0.5) is 13.2 Å². The summed E-state index contributed by atoms with van der Waals surface area (Å²) in [7, 11) is 0. The van der Waals surface area contributed by atoms with Crippen LogP contribution in [0.2, 0.25) is 0 Å². The van der Waals surface area contributed by atoms with Crippen molar-refractivity contribution in [3.8, 4) is 0 Å². The van der Waals surface area contributed by atoms with E-state index < -0.39 is 30.6 Å². The third-order valence-corrected chi connectivity index (χ3v) is 3.60. The summed E-state index contributed by atoms with van der Waals surface area (Å²) in [5.41, 5.74) is 0. The standard InChI is InChI=1S/C17H29F3O4/c1-4-5-6-7-8-9-10-13(2)23-15(21)11-12-16(22)24-14(3)17(18,19)20/h13-14H,4-12H2,1-3H3. The number of rotatable bonds is 12. The van der Waals surface area contributed by atoms with E-state index in [1.54, 1.807) is 6.92 Å². The zero-order valence-electron chi connectivity index (χ0n) is 14.8. The smallest absolute Gasteiger partial charge is 0.425 e. The van der Waals surface area contributed by atoms with E-state index in [1.807, 2.05) is 0 Å². The van der Waals surface area contributed by atoms with Crippen LogP contribution < -0.4 is 0 Å². The number of esters is 2. The van der Waals surface area contributed by atoms with Crippen molar-refractivity contribution in [3.05, 3.63) is 0 Å². The number of unbranched alkanes of at least 4 members (excludes halogenated alkanes) is 5. The molecule has 0 aromatic rings. The van der Waals surface area contributed by atoms with Crippen molar-refractivity contribution in [2.24, 2.45) is 0 Å². The second kappa shape index (κ2) is 12.1. The first-order valence-electron chi connectivity index (χ1n) is 8.62. The van der Waals surface area contributed by atoms with Crippen molar-refractivity contribution in [1.82, 2.24) is 0 Å². The molecule has 142 valence electrons. The molecule has 0 N–H and O–H groups in total. The van der Waals surface area contributed by atoms with E-state index in [4.69, 9.17) is 4.74 Å². The molecular weight excluding hydrogens is 325 g/mol. The van der Waals surface area contributed by atoms with E-state index in [0.29, 0.717) is 0 Å². The molecular formula is C17H29F3O4. The van der Waals surface area contributed by atoms with Gasteiger partial charge in [-0.25, -0.2) is 0 Å². The number of halogens is 3. The van der Waals surface area contributed by atoms with Crippen LogP contribution in [0.3, 0.4) is 0 Å². The zero-order valence-corrected chi connectivity index (χ0v) is 14.8. The van der Waals surface area contributed by atoms with E-state index in [2.05, 4.69) is 11.7 Å². The van der Waals surface area contributed by atoms with Crippen LogP contribution >= 0.6 is 0 Å². The van der Waals surface area contributed by atoms with Gasteiger partial charge in [-0.1, -0.05) is 39.0 Å². The average Bonchev–Trinajstić information content (AvgIpc) is 2.47. The molecule has 0 amide bonds. The lowest BCUT2D eigenvalue weighted by Gasteiger charge is -2.16. The molecule has 2 atom stereocenters. The molecule has 0 rings (SSSR count). The molecule has 0 bridgehead atoms. The van der Waals surface area contributed by atoms with Gasteiger partial charge in [0.1, 0.15) is 0 Å². The Balaban J connectivity index is 3.79. The minimum atomic E-state index is -4.60. The molecule has 0 aromatic heterocycles. The second-order valence-electron chi connectivity index (χ2n) is 6.03. The van der Waals surface area contributed by atoms with Crippen LogP contribution in [0.15, 0.2) is 0 Å². The van der Waals surface area contributed by atoms with E-state index in [-0.39, 0.29) is 12.5 Å². The van der Waals surface area contributed by atoms with Crippen LogP contribution in [-0.2, 0) is 19.1 Å². The van der Waals surface area contributed by atoms with Crippen molar-refractivity contribution in [3.63, 3.8) is 0 Å². The third kappa shape index (κ3) is 12.2. The van der Waals surface area contributed by atoms with Gasteiger partial charge in [0.15, 0.2) is 6.10 Å². The monoisotopic (exact) mass is 354 g/mol. The molecule has 0 aromatic carbocycles. The third-order valence-electron chi connectivity index (χ3n) is 3.60. The molecule has 7 heteroatoms. The highest BCUT2D eigenvalue weighted by Gasteiger charge is 2.39. The normalized spacial score (nSPS) is 14.1. The highest BCUT2D eigenvalue weighted by atomic mass is 19.4. The molecule has 0 radical (unpaired) electrons. The summed E-state index contributed by atoms with van der Waals surface area (Å²) in [4.78, 5) is 22.8. The van der Waals surface area contributed by atoms with Crippen molar-refractivity contribution >= 4 is 11.9 Å². The minimum absolute atomic E-state index is 0.256. The molecule has 0 heterocycles. The van der Waals surface area contributed by atoms with Gasteiger partial charge in [0.2, 0.25) is 0 Å². The lowest BCUT2D eigenvalue weighted by Crippen LogP contribution is -2.31. The molecule has 0 spiro atoms. The van der Waals surface area contributed by atoms with Gasteiger partial charge in [0.25, 0.3) is 0 Å². The van der Waals surface area contributed by atoms with Gasteiger partial charge in [-0.15, -0.1) is 0 Å². The number of alkyl halides is 3. The predicted molar refractivity (Wildman–Crippen MR) is 84.4 cm³/mol. The van der Waals surface area contributed by atoms with Gasteiger partial charge in [-0.3, -0.25) is 9.59 Å². The first kappa shape index (κ1) is 22.7. The molecule has 4 nitrogen and oxygen atoms in total. The van der Waals surface area contributed by atoms with Gasteiger partial charge in [-0.2, -0.15) is 13.2 Å². The Bertz CT molecular complexity index is 369. The Morgan fingerprint density at radius 3 is 1.92 bits per heavy atom. The Hall–Kier alpha value is -1.27. The minimum Gasteiger partial charge on any atom is -0.463 e. The average molecular weight is 354 g/mol. The summed E-state index contributed by atoms with van der Waals surface area (Å²) in [6, 6.07) is 0. The summed E-state index contributed by atoms with van der Waals surface area (Å²) in [6.07, 6.45) is -0.122. The van der Waals surface area contributed by atoms with Gasteiger partial charge in [0, 0.05) is 0 Å². The van der Waals surface area contributed by atoms with Gasteiger partial charge < -0.3 is 9.47 Å². The van der Waals surface area contributed by atoms with E-state index >= 15 is 0 Å². The number of carbonyl (C=O) groups excluding carboxylic acids is 2. The fourth-order valence-electron chi connectivity index (χ4n) is 2.08. The Morgan fingerprint density at radius 1 is 0.875 bits per heavy atom. The topological polar surface area (TPSA) is 52.6 Å². The molecule has 24 heavy (non-hydrogen) atoms. The number of hydrogen-bond donors (Lipinski definition) is 0. The summed E-state index contributed by atoms with van der Waals surface area (Å²) in [5, 5.41) is 0. The number of carbonyl (C=O) groups is 2. The van der Waals surface area contributed by atoms with Crippen LogP contribution in [0.1, 0.15) is 78.6 Å². The van der Waals surface area contributed by atoms with Crippen molar-refractivity contribution in [2.75, 3.05) is 0 Å². The maximum absolute atomic E-state index is 12.2. The highest BCUT2D eigenvalue weighted by Crippen LogP contribution is 2.22. The lowest BCUT2D eigenvalue weighted by molar-refractivity contribution is -0.216. The van der Waals surface area contributed by atoms with E-state index in [9.17, 15) is 22.8 Å². The van der Waals surface area contributed by atoms with Crippen LogP contribution in [-0.4, -0.2) is 30.3 Å². The molecule has 0 saturated heterocycles. The predicted octanol–water partition coefficient (Wildman–Crippen LogP) is 4.94. The van der Waals surface area contributed by atoms with Crippen LogP contribution in [0, 0.1) is 0 Å². The zero-order chi connectivity index (χ0) is 18.6. The second-order valence-corrected chi connectivity index (χ2v) is 6.03. The molecule has 0 fully saturated rings. The fourth-order valence-corrected chi connectivity index (χ4v) is 2.08. The quantitative estimate of drug-likeness (QED) is 0.368. The van der Waals surface area contributed by atoms with Crippen LogP contribution in [0.5, 0.6) is 0 Å². The summed E-state index contributed by atoms with van der Waals surface area (Å²) >= 11 is 0. The first-order valence-corrected chi connectivity index (χ1v) is 8.62. The Labute approximate surface area is 142 Å². The van der Waals surface area contributed by atoms with Crippen molar-refractivity contribution in [2.45, 2.75) is 96.9 Å². The SMILES string of the molecule is CCCCCCCCC(C)OC(=O)CCC(=O)OC(C)C(F)(F)F. The maximum atomic E-state index is 12.2. The van der Waals surface area contributed by atoms with Gasteiger partial charge in [0.05, 0.1) is 18.9 Å². The molecule has 0 saturated carbocycles. The van der Waals surface area contributed by atoms with E-state index in [1.165, 1.54) is 19.3 Å².